The fraction of sp³-hybridized carbons (Fsp3) is 0.500. The highest BCUT2D eigenvalue weighted by Gasteiger charge is 2.27. The van der Waals surface area contributed by atoms with Gasteiger partial charge in [0.25, 0.3) is 5.69 Å². The first-order valence-electron chi connectivity index (χ1n) is 7.57. The SMILES string of the molecule is CN(C)c1ccc(CC(NC(=O)OC(C)(C)C)C(=O)O)c([N+](=O)[O-])c1. The van der Waals surface area contributed by atoms with Crippen molar-refractivity contribution >= 4 is 23.4 Å². The number of nitro groups is 1. The summed E-state index contributed by atoms with van der Waals surface area (Å²) in [6.07, 6.45) is -1.13. The number of aliphatic carboxylic acids is 1. The molecule has 0 saturated carbocycles. The van der Waals surface area contributed by atoms with Crippen LogP contribution in [0, 0.1) is 10.1 Å². The zero-order valence-corrected chi connectivity index (χ0v) is 14.9. The van der Waals surface area contributed by atoms with Crippen molar-refractivity contribution < 1.29 is 24.4 Å². The molecule has 9 nitrogen and oxygen atoms in total. The van der Waals surface area contributed by atoms with Gasteiger partial charge in [-0.15, -0.1) is 0 Å². The summed E-state index contributed by atoms with van der Waals surface area (Å²) in [4.78, 5) is 35.6. The fourth-order valence-corrected chi connectivity index (χ4v) is 2.04. The monoisotopic (exact) mass is 353 g/mol. The number of ether oxygens (including phenoxy) is 1. The number of amides is 1. The summed E-state index contributed by atoms with van der Waals surface area (Å²) in [6.45, 7) is 4.94. The van der Waals surface area contributed by atoms with Gasteiger partial charge in [0.05, 0.1) is 4.92 Å². The largest absolute Gasteiger partial charge is 0.480 e. The number of nitrogens with one attached hydrogen (secondary N) is 1. The predicted molar refractivity (Wildman–Crippen MR) is 91.9 cm³/mol. The molecule has 1 atom stereocenters. The molecule has 0 aliphatic carbocycles. The van der Waals surface area contributed by atoms with Gasteiger partial charge in [0.1, 0.15) is 11.6 Å². The number of anilines is 1. The van der Waals surface area contributed by atoms with E-state index in [9.17, 15) is 24.8 Å². The number of rotatable bonds is 6. The maximum Gasteiger partial charge on any atom is 0.408 e. The lowest BCUT2D eigenvalue weighted by molar-refractivity contribution is -0.385. The zero-order valence-electron chi connectivity index (χ0n) is 14.9. The molecule has 0 aromatic heterocycles. The number of benzene rings is 1. The Morgan fingerprint density at radius 2 is 1.96 bits per heavy atom. The molecule has 2 N–H and O–H groups in total. The minimum atomic E-state index is -1.35. The Morgan fingerprint density at radius 1 is 1.36 bits per heavy atom. The number of nitrogens with zero attached hydrogens (tertiary/aromatic N) is 2. The predicted octanol–water partition coefficient (Wildman–Crippen LogP) is 2.18. The van der Waals surface area contributed by atoms with Gasteiger partial charge in [-0.1, -0.05) is 6.07 Å². The Hall–Kier alpha value is -2.84. The minimum Gasteiger partial charge on any atom is -0.480 e. The number of carboxylic acids is 1. The summed E-state index contributed by atoms with van der Waals surface area (Å²) in [7, 11) is 3.48. The molecular weight excluding hydrogens is 330 g/mol. The van der Waals surface area contributed by atoms with Crippen molar-refractivity contribution in [3.05, 3.63) is 33.9 Å². The van der Waals surface area contributed by atoms with Crippen molar-refractivity contribution in [2.45, 2.75) is 38.8 Å². The number of hydrogen-bond donors (Lipinski definition) is 2. The number of carbonyl (C=O) groups is 2. The van der Waals surface area contributed by atoms with Crippen LogP contribution in [-0.4, -0.2) is 47.8 Å². The van der Waals surface area contributed by atoms with E-state index in [2.05, 4.69) is 5.32 Å². The molecule has 1 unspecified atom stereocenters. The number of carbonyl (C=O) groups excluding carboxylic acids is 1. The second kappa shape index (κ2) is 7.82. The van der Waals surface area contributed by atoms with Crippen molar-refractivity contribution in [3.63, 3.8) is 0 Å². The van der Waals surface area contributed by atoms with Gasteiger partial charge in [-0.05, 0) is 26.8 Å². The molecule has 1 aromatic rings. The van der Waals surface area contributed by atoms with Crippen LogP contribution in [0.3, 0.4) is 0 Å². The Labute approximate surface area is 145 Å². The third-order valence-electron chi connectivity index (χ3n) is 3.20. The Bertz CT molecular complexity index is 666. The molecular formula is C16H23N3O6. The summed E-state index contributed by atoms with van der Waals surface area (Å²) in [5.74, 6) is -1.31. The third kappa shape index (κ3) is 6.28. The van der Waals surface area contributed by atoms with Crippen LogP contribution in [0.5, 0.6) is 0 Å². The van der Waals surface area contributed by atoms with Crippen LogP contribution < -0.4 is 10.2 Å². The van der Waals surface area contributed by atoms with Crippen LogP contribution in [0.25, 0.3) is 0 Å². The van der Waals surface area contributed by atoms with Crippen molar-refractivity contribution in [1.29, 1.82) is 0 Å². The van der Waals surface area contributed by atoms with Crippen LogP contribution in [0.4, 0.5) is 16.2 Å². The lowest BCUT2D eigenvalue weighted by atomic mass is 10.0. The van der Waals surface area contributed by atoms with Crippen molar-refractivity contribution in [3.8, 4) is 0 Å². The van der Waals surface area contributed by atoms with Crippen LogP contribution >= 0.6 is 0 Å². The standard InChI is InChI=1S/C16H23N3O6/c1-16(2,3)25-15(22)17-12(14(20)21)8-10-6-7-11(18(4)5)9-13(10)19(23)24/h6-7,9,12H,8H2,1-5H3,(H,17,22)(H,20,21). The molecule has 0 bridgehead atoms. The van der Waals surface area contributed by atoms with E-state index >= 15 is 0 Å². The average molecular weight is 353 g/mol. The minimum absolute atomic E-state index is 0.205. The molecule has 0 radical (unpaired) electrons. The molecule has 25 heavy (non-hydrogen) atoms. The van der Waals surface area contributed by atoms with E-state index in [0.717, 1.165) is 0 Å². The third-order valence-corrected chi connectivity index (χ3v) is 3.20. The van der Waals surface area contributed by atoms with Crippen molar-refractivity contribution in [2.75, 3.05) is 19.0 Å². The number of alkyl carbamates (subject to hydrolysis) is 1. The summed E-state index contributed by atoms with van der Waals surface area (Å²) in [6, 6.07) is 3.15. The molecule has 0 aliphatic rings. The van der Waals surface area contributed by atoms with Gasteiger partial charge >= 0.3 is 12.1 Å². The first-order chi connectivity index (χ1) is 11.4. The molecule has 9 heteroatoms. The van der Waals surface area contributed by atoms with Crippen LogP contribution in [0.1, 0.15) is 26.3 Å². The maximum absolute atomic E-state index is 11.8. The Balaban J connectivity index is 3.04. The van der Waals surface area contributed by atoms with Gasteiger partial charge in [0.2, 0.25) is 0 Å². The summed E-state index contributed by atoms with van der Waals surface area (Å²) in [5, 5.41) is 22.8. The van der Waals surface area contributed by atoms with Gasteiger partial charge in [-0.2, -0.15) is 0 Å². The van der Waals surface area contributed by atoms with Gasteiger partial charge in [0, 0.05) is 37.8 Å². The second-order valence-electron chi connectivity index (χ2n) is 6.71. The normalized spacial score (nSPS) is 12.2. The van der Waals surface area contributed by atoms with Gasteiger partial charge in [-0.3, -0.25) is 10.1 Å². The summed E-state index contributed by atoms with van der Waals surface area (Å²) >= 11 is 0. The number of carboxylic acid groups (broad SMARTS) is 1. The summed E-state index contributed by atoms with van der Waals surface area (Å²) in [5.41, 5.74) is -0.170. The molecule has 0 aliphatic heterocycles. The average Bonchev–Trinajstić information content (AvgIpc) is 2.44. The van der Waals surface area contributed by atoms with E-state index < -0.39 is 28.6 Å². The first kappa shape index (κ1) is 20.2. The Morgan fingerprint density at radius 3 is 2.40 bits per heavy atom. The molecule has 138 valence electrons. The van der Waals surface area contributed by atoms with Crippen LogP contribution in [0.15, 0.2) is 18.2 Å². The summed E-state index contributed by atoms with van der Waals surface area (Å²) < 4.78 is 5.03. The lowest BCUT2D eigenvalue weighted by Gasteiger charge is -2.22. The quantitative estimate of drug-likeness (QED) is 0.593. The van der Waals surface area contributed by atoms with Gasteiger partial charge in [-0.25, -0.2) is 9.59 Å². The van der Waals surface area contributed by atoms with E-state index in [0.29, 0.717) is 5.69 Å². The maximum atomic E-state index is 11.8. The van der Waals surface area contributed by atoms with Crippen molar-refractivity contribution in [2.24, 2.45) is 0 Å². The smallest absolute Gasteiger partial charge is 0.408 e. The van der Waals surface area contributed by atoms with E-state index in [1.165, 1.54) is 12.1 Å². The van der Waals surface area contributed by atoms with E-state index in [4.69, 9.17) is 4.74 Å². The van der Waals surface area contributed by atoms with Gasteiger partial charge in [0.15, 0.2) is 0 Å². The molecule has 1 amide bonds. The molecule has 0 spiro atoms. The highest BCUT2D eigenvalue weighted by molar-refractivity contribution is 5.80. The lowest BCUT2D eigenvalue weighted by Crippen LogP contribution is -2.44. The highest BCUT2D eigenvalue weighted by Crippen LogP contribution is 2.26. The van der Waals surface area contributed by atoms with E-state index in [1.54, 1.807) is 45.8 Å². The molecule has 0 heterocycles. The molecule has 1 rings (SSSR count). The van der Waals surface area contributed by atoms with Gasteiger partial charge < -0.3 is 20.1 Å². The van der Waals surface area contributed by atoms with E-state index in [1.807, 2.05) is 0 Å². The second-order valence-corrected chi connectivity index (χ2v) is 6.71. The zero-order chi connectivity index (χ0) is 19.4. The first-order valence-corrected chi connectivity index (χ1v) is 7.57. The fourth-order valence-electron chi connectivity index (χ4n) is 2.04. The highest BCUT2D eigenvalue weighted by atomic mass is 16.6. The topological polar surface area (TPSA) is 122 Å². The van der Waals surface area contributed by atoms with Crippen LogP contribution in [0.2, 0.25) is 0 Å². The van der Waals surface area contributed by atoms with E-state index in [-0.39, 0.29) is 17.7 Å². The molecule has 0 saturated heterocycles. The number of nitro benzene ring substituents is 1. The Kier molecular flexibility index (Phi) is 6.32. The number of hydrogen-bond acceptors (Lipinski definition) is 6. The molecule has 1 aromatic carbocycles. The van der Waals surface area contributed by atoms with Crippen LogP contribution in [-0.2, 0) is 16.0 Å². The molecule has 0 fully saturated rings. The van der Waals surface area contributed by atoms with Crippen molar-refractivity contribution in [1.82, 2.24) is 5.32 Å².